The number of nitriles is 1. The fourth-order valence-corrected chi connectivity index (χ4v) is 6.09. The molecule has 218 valence electrons. The number of aromatic nitrogens is 4. The highest BCUT2D eigenvalue weighted by Crippen LogP contribution is 2.31. The van der Waals surface area contributed by atoms with Gasteiger partial charge in [0.25, 0.3) is 0 Å². The number of piperazine rings is 1. The number of benzene rings is 2. The Bertz CT molecular complexity index is 1650. The van der Waals surface area contributed by atoms with Gasteiger partial charge in [0.05, 0.1) is 37.5 Å². The second-order valence-corrected chi connectivity index (χ2v) is 10.9. The molecule has 0 spiro atoms. The van der Waals surface area contributed by atoms with Crippen LogP contribution in [0.1, 0.15) is 30.5 Å². The van der Waals surface area contributed by atoms with Crippen LogP contribution in [0.3, 0.4) is 0 Å². The van der Waals surface area contributed by atoms with Crippen molar-refractivity contribution in [1.82, 2.24) is 29.4 Å². The zero-order valence-corrected chi connectivity index (χ0v) is 23.8. The van der Waals surface area contributed by atoms with Crippen LogP contribution in [0, 0.1) is 11.3 Å². The number of hydrogen-bond donors (Lipinski definition) is 1. The predicted octanol–water partition coefficient (Wildman–Crippen LogP) is 3.43. The van der Waals surface area contributed by atoms with E-state index in [9.17, 15) is 15.2 Å². The summed E-state index contributed by atoms with van der Waals surface area (Å²) in [5.41, 5.74) is 2.53. The van der Waals surface area contributed by atoms with Crippen molar-refractivity contribution in [1.29, 1.82) is 5.26 Å². The Morgan fingerprint density at radius 2 is 1.98 bits per heavy atom. The van der Waals surface area contributed by atoms with Crippen molar-refractivity contribution in [3.63, 3.8) is 0 Å². The maximum absolute atomic E-state index is 11.8. The number of fused-ring (bicyclic) bond motifs is 2. The summed E-state index contributed by atoms with van der Waals surface area (Å²) >= 11 is 0. The quantitative estimate of drug-likeness (QED) is 0.336. The van der Waals surface area contributed by atoms with Crippen LogP contribution in [-0.2, 0) is 6.42 Å². The van der Waals surface area contributed by atoms with E-state index in [2.05, 4.69) is 30.1 Å². The first kappa shape index (κ1) is 27.5. The lowest BCUT2D eigenvalue weighted by Gasteiger charge is -2.39. The Kier molecular flexibility index (Phi) is 7.67. The van der Waals surface area contributed by atoms with Crippen molar-refractivity contribution in [2.24, 2.45) is 0 Å². The maximum atomic E-state index is 11.8. The number of carboxylic acid groups (broad SMARTS) is 1. The number of methoxy groups -OCH3 is 1. The summed E-state index contributed by atoms with van der Waals surface area (Å²) in [6, 6.07) is 14.4. The normalized spacial score (nSPS) is 19.4. The molecule has 4 aromatic rings. The molecule has 2 aromatic carbocycles. The van der Waals surface area contributed by atoms with E-state index in [0.717, 1.165) is 47.2 Å². The molecule has 2 aromatic heterocycles. The summed E-state index contributed by atoms with van der Waals surface area (Å²) in [4.78, 5) is 27.0. The van der Waals surface area contributed by atoms with Gasteiger partial charge in [0, 0.05) is 37.5 Å². The highest BCUT2D eigenvalue weighted by molar-refractivity contribution is 5.91. The lowest BCUT2D eigenvalue weighted by Crippen LogP contribution is -2.55. The molecule has 6 rings (SSSR count). The fraction of sp³-hybridized carbons (Fsp3) is 0.433. The number of rotatable bonds is 8. The third-order valence-corrected chi connectivity index (χ3v) is 8.39. The molecule has 1 amide bonds. The average Bonchev–Trinajstić information content (AvgIpc) is 3.61. The van der Waals surface area contributed by atoms with Gasteiger partial charge in [-0.05, 0) is 43.5 Å². The minimum atomic E-state index is -1.03. The summed E-state index contributed by atoms with van der Waals surface area (Å²) in [6.45, 7) is 2.50. The zero-order chi connectivity index (χ0) is 29.2. The Labute approximate surface area is 243 Å². The lowest BCUT2D eigenvalue weighted by atomic mass is 10.0. The monoisotopic (exact) mass is 570 g/mol. The van der Waals surface area contributed by atoms with Crippen LogP contribution < -0.4 is 14.4 Å². The number of amides is 1. The predicted molar refractivity (Wildman–Crippen MR) is 156 cm³/mol. The Balaban J connectivity index is 1.38. The lowest BCUT2D eigenvalue weighted by molar-refractivity contribution is 0.119. The Morgan fingerprint density at radius 1 is 1.14 bits per heavy atom. The molecule has 0 aliphatic carbocycles. The number of imidazole rings is 1. The molecule has 4 heterocycles. The first-order chi connectivity index (χ1) is 20.5. The molecule has 2 atom stereocenters. The molecular weight excluding hydrogens is 536 g/mol. The van der Waals surface area contributed by atoms with Gasteiger partial charge in [-0.1, -0.05) is 30.3 Å². The van der Waals surface area contributed by atoms with Crippen molar-refractivity contribution in [2.45, 2.75) is 37.8 Å². The summed E-state index contributed by atoms with van der Waals surface area (Å²) < 4.78 is 13.6. The van der Waals surface area contributed by atoms with Crippen LogP contribution in [0.4, 0.5) is 10.6 Å². The van der Waals surface area contributed by atoms with Gasteiger partial charge in [-0.25, -0.2) is 14.3 Å². The number of likely N-dealkylation sites (N-methyl/N-ethyl adjacent to an activating group) is 1. The van der Waals surface area contributed by atoms with E-state index in [1.807, 2.05) is 29.2 Å². The van der Waals surface area contributed by atoms with Gasteiger partial charge in [-0.3, -0.25) is 0 Å². The smallest absolute Gasteiger partial charge is 0.407 e. The van der Waals surface area contributed by atoms with E-state index in [0.29, 0.717) is 43.6 Å². The number of nitrogens with zero attached hydrogens (tertiary/aromatic N) is 8. The average molecular weight is 571 g/mol. The number of hydrogen-bond acceptors (Lipinski definition) is 9. The highest BCUT2D eigenvalue weighted by atomic mass is 16.5. The number of likely N-dealkylation sites (tertiary alicyclic amines) is 1. The third-order valence-electron chi connectivity index (χ3n) is 8.39. The van der Waals surface area contributed by atoms with E-state index < -0.39 is 12.1 Å². The molecule has 0 radical (unpaired) electrons. The van der Waals surface area contributed by atoms with Gasteiger partial charge < -0.3 is 29.3 Å². The molecular formula is C30H34N8O4. The summed E-state index contributed by atoms with van der Waals surface area (Å²) in [6.07, 6.45) is 3.62. The van der Waals surface area contributed by atoms with Gasteiger partial charge in [0.15, 0.2) is 11.5 Å². The van der Waals surface area contributed by atoms with E-state index >= 15 is 0 Å². The topological polar surface area (TPSA) is 132 Å². The Hall–Kier alpha value is -4.63. The molecule has 2 saturated heterocycles. The summed E-state index contributed by atoms with van der Waals surface area (Å²) in [7, 11) is 3.77. The van der Waals surface area contributed by atoms with Crippen molar-refractivity contribution in [3.8, 4) is 17.8 Å². The second kappa shape index (κ2) is 11.7. The van der Waals surface area contributed by atoms with Gasteiger partial charge in [-0.15, -0.1) is 5.10 Å². The van der Waals surface area contributed by atoms with E-state index in [1.165, 1.54) is 4.90 Å². The number of ether oxygens (including phenoxy) is 2. The van der Waals surface area contributed by atoms with Gasteiger partial charge in [-0.2, -0.15) is 10.2 Å². The first-order valence-electron chi connectivity index (χ1n) is 14.2. The van der Waals surface area contributed by atoms with Crippen LogP contribution in [0.25, 0.3) is 16.4 Å². The largest absolute Gasteiger partial charge is 0.496 e. The minimum absolute atomic E-state index is 0.0891. The van der Waals surface area contributed by atoms with Crippen molar-refractivity contribution < 1.29 is 19.4 Å². The Morgan fingerprint density at radius 3 is 2.71 bits per heavy atom. The summed E-state index contributed by atoms with van der Waals surface area (Å²) in [5, 5.41) is 26.0. The SMILES string of the molecule is COc1ccc(Cc2cnc3c(N4CCN(C(=O)O)[C@@H](CC#N)C4)nc(OC[C@@H]4CCCN4C)nn23)c2ccccc12. The van der Waals surface area contributed by atoms with E-state index in [1.54, 1.807) is 17.8 Å². The molecule has 42 heavy (non-hydrogen) atoms. The molecule has 2 fully saturated rings. The van der Waals surface area contributed by atoms with Gasteiger partial charge >= 0.3 is 12.1 Å². The molecule has 1 N–H and O–H groups in total. The van der Waals surface area contributed by atoms with E-state index in [4.69, 9.17) is 24.5 Å². The summed E-state index contributed by atoms with van der Waals surface area (Å²) in [5.74, 6) is 1.38. The molecule has 2 aliphatic rings. The number of anilines is 1. The van der Waals surface area contributed by atoms with Crippen molar-refractivity contribution in [2.75, 3.05) is 51.8 Å². The molecule has 0 saturated carbocycles. The standard InChI is InChI=1S/C30H34N8O4/c1-35-13-5-6-22(35)19-42-29-33-28(36-14-15-37(30(39)40)21(18-36)11-12-31)27-32-17-23(38(27)34-29)16-20-9-10-26(41-2)25-8-4-3-7-24(20)25/h3-4,7-10,17,21-22H,5-6,11,13-16,18-19H2,1-2H3,(H,39,40)/t21-,22-/m0/s1. The zero-order valence-electron chi connectivity index (χ0n) is 23.8. The number of carbonyl (C=O) groups is 1. The van der Waals surface area contributed by atoms with Gasteiger partial charge in [0.2, 0.25) is 0 Å². The minimum Gasteiger partial charge on any atom is -0.496 e. The van der Waals surface area contributed by atoms with E-state index in [-0.39, 0.29) is 19.0 Å². The fourth-order valence-electron chi connectivity index (χ4n) is 6.09. The van der Waals surface area contributed by atoms with Crippen LogP contribution in [0.2, 0.25) is 0 Å². The maximum Gasteiger partial charge on any atom is 0.407 e. The molecule has 0 unspecified atom stereocenters. The third kappa shape index (κ3) is 5.23. The second-order valence-electron chi connectivity index (χ2n) is 10.9. The molecule has 2 aliphatic heterocycles. The van der Waals surface area contributed by atoms with Crippen LogP contribution in [0.5, 0.6) is 11.8 Å². The van der Waals surface area contributed by atoms with Crippen molar-refractivity contribution >= 4 is 28.3 Å². The van der Waals surface area contributed by atoms with Crippen LogP contribution in [0.15, 0.2) is 42.6 Å². The van der Waals surface area contributed by atoms with Crippen LogP contribution in [-0.4, -0.2) is 99.6 Å². The van der Waals surface area contributed by atoms with Crippen LogP contribution >= 0.6 is 0 Å². The first-order valence-corrected chi connectivity index (χ1v) is 14.2. The van der Waals surface area contributed by atoms with Gasteiger partial charge in [0.1, 0.15) is 12.4 Å². The molecule has 0 bridgehead atoms. The molecule has 12 nitrogen and oxygen atoms in total. The van der Waals surface area contributed by atoms with Crippen molar-refractivity contribution in [3.05, 3.63) is 53.9 Å². The highest BCUT2D eigenvalue weighted by Gasteiger charge is 2.33. The molecule has 12 heteroatoms.